The molecule has 8 aromatic heterocycles. The van der Waals surface area contributed by atoms with Crippen molar-refractivity contribution < 1.29 is 117 Å². The minimum atomic E-state index is -0.0110. The summed E-state index contributed by atoms with van der Waals surface area (Å²) in [6.45, 7) is 0. The fourth-order valence-electron chi connectivity index (χ4n) is 8.61. The van der Waals surface area contributed by atoms with E-state index in [0.29, 0.717) is 44.1 Å². The van der Waals surface area contributed by atoms with Crippen LogP contribution in [0.2, 0.25) is 0 Å². The zero-order chi connectivity index (χ0) is 61.5. The van der Waals surface area contributed by atoms with Gasteiger partial charge in [0, 0.05) is 49.6 Å². The summed E-state index contributed by atoms with van der Waals surface area (Å²) in [5.41, 5.74) is 4.41. The first-order chi connectivity index (χ1) is 43.0. The predicted molar refractivity (Wildman–Crippen MR) is 335 cm³/mol. The van der Waals surface area contributed by atoms with Gasteiger partial charge in [-0.2, -0.15) is 0 Å². The average Bonchev–Trinajstić information content (AvgIpc) is 3.67. The molecule has 0 unspecified atom stereocenters. The van der Waals surface area contributed by atoms with E-state index >= 15 is 0 Å². The van der Waals surface area contributed by atoms with E-state index in [-0.39, 0.29) is 160 Å². The third kappa shape index (κ3) is 20.1. The van der Waals surface area contributed by atoms with Crippen molar-refractivity contribution in [1.29, 1.82) is 0 Å². The summed E-state index contributed by atoms with van der Waals surface area (Å²) in [7, 11) is 0. The first-order valence-corrected chi connectivity index (χ1v) is 27.1. The van der Waals surface area contributed by atoms with Crippen molar-refractivity contribution in [3.8, 4) is 46.0 Å². The van der Waals surface area contributed by atoms with Crippen molar-refractivity contribution in [2.75, 3.05) is 0 Å². The van der Waals surface area contributed by atoms with Crippen LogP contribution in [0.5, 0.6) is 46.0 Å². The molecule has 8 heterocycles. The molecule has 0 atom stereocenters. The van der Waals surface area contributed by atoms with Gasteiger partial charge < -0.3 is 40.9 Å². The maximum absolute atomic E-state index is 11.1. The molecule has 0 fully saturated rings. The molecule has 0 aliphatic heterocycles. The summed E-state index contributed by atoms with van der Waals surface area (Å²) in [5, 5.41) is 96.2. The Morgan fingerprint density at radius 3 is 0.352 bits per heavy atom. The Bertz CT molecular complexity index is 3980. The van der Waals surface area contributed by atoms with Gasteiger partial charge in [-0.1, -0.05) is 240 Å². The van der Waals surface area contributed by atoms with E-state index in [1.807, 2.05) is 146 Å². The third-order valence-electron chi connectivity index (χ3n) is 12.8. The number of fused-ring (bicyclic) bond motifs is 8. The number of benzene rings is 8. The zero-order valence-electron chi connectivity index (χ0n) is 47.9. The number of hydrogen-bond donors (Lipinski definition) is 0. The molecule has 91 heavy (non-hydrogen) atoms. The summed E-state index contributed by atoms with van der Waals surface area (Å²) < 4.78 is 0. The van der Waals surface area contributed by atoms with E-state index in [4.69, 9.17) is 0 Å². The van der Waals surface area contributed by atoms with Gasteiger partial charge in [0.05, 0.1) is 44.1 Å². The Kier molecular flexibility index (Phi) is 28.8. The summed E-state index contributed by atoms with van der Waals surface area (Å²) in [6, 6.07) is 70.8. The van der Waals surface area contributed by atoms with Gasteiger partial charge in [-0.05, 0) is 91.6 Å². The van der Waals surface area contributed by atoms with Crippen LogP contribution in [0.25, 0.3) is 87.2 Å². The average molecular weight is 1520 g/mol. The van der Waals surface area contributed by atoms with Crippen LogP contribution in [-0.4, -0.2) is 77.6 Å². The number of pyridine rings is 8. The van der Waals surface area contributed by atoms with E-state index < -0.39 is 0 Å². The molecule has 16 aromatic rings. The summed E-state index contributed by atoms with van der Waals surface area (Å²) in [6.07, 6.45) is 13.0. The van der Waals surface area contributed by atoms with E-state index in [1.165, 1.54) is 48.5 Å². The van der Waals surface area contributed by atoms with Crippen molar-refractivity contribution in [3.63, 3.8) is 0 Å². The Labute approximate surface area is 613 Å². The SMILES string of the molecule is [Ca+2].[Dy+3].[Dy+3].[O-]c1cccc2cccnc12.[O-]c1cccc2cccnc12.[O-]c1cccc2cccnc12.[O-]c1cccc2cccnc12.[O-]c1cccc2cccnc12.[O-]c1cccc2cccnc12.[O-]c1cccc2cccnc12.[O-]c1cccc2cccnc12. The third-order valence-corrected chi connectivity index (χ3v) is 12.8. The minimum Gasteiger partial charge on any atom is -0.871 e. The molecule has 0 aliphatic rings. The van der Waals surface area contributed by atoms with Crippen LogP contribution in [0.15, 0.2) is 292 Å². The fourth-order valence-corrected chi connectivity index (χ4v) is 8.61. The van der Waals surface area contributed by atoms with Crippen molar-refractivity contribution >= 4 is 125 Å². The molecular weight excluding hydrogens is 1470 g/mol. The quantitative estimate of drug-likeness (QED) is 0.128. The Morgan fingerprint density at radius 2 is 0.253 bits per heavy atom. The Morgan fingerprint density at radius 1 is 0.154 bits per heavy atom. The van der Waals surface area contributed by atoms with E-state index in [2.05, 4.69) is 39.9 Å². The van der Waals surface area contributed by atoms with Gasteiger partial charge in [0.15, 0.2) is 0 Å². The zero-order valence-corrected chi connectivity index (χ0v) is 54.2. The van der Waals surface area contributed by atoms with Crippen LogP contribution >= 0.6 is 0 Å². The number of para-hydroxylation sites is 8. The van der Waals surface area contributed by atoms with E-state index in [9.17, 15) is 40.9 Å². The van der Waals surface area contributed by atoms with Gasteiger partial charge in [0.2, 0.25) is 0 Å². The fraction of sp³-hybridized carbons (Fsp3) is 0. The molecule has 19 heteroatoms. The van der Waals surface area contributed by atoms with Crippen LogP contribution in [0.1, 0.15) is 0 Å². The second-order valence-corrected chi connectivity index (χ2v) is 18.7. The first-order valence-electron chi connectivity index (χ1n) is 27.1. The molecule has 16 nitrogen and oxygen atoms in total. The number of rotatable bonds is 0. The van der Waals surface area contributed by atoms with Crippen molar-refractivity contribution in [1.82, 2.24) is 39.9 Å². The largest absolute Gasteiger partial charge is 3.00 e. The summed E-state index contributed by atoms with van der Waals surface area (Å²) >= 11 is 0. The number of nitrogens with zero attached hydrogens (tertiary/aromatic N) is 8. The van der Waals surface area contributed by atoms with Crippen LogP contribution in [0, 0.1) is 76.3 Å². The van der Waals surface area contributed by atoms with Crippen molar-refractivity contribution in [3.05, 3.63) is 292 Å². The molecule has 0 N–H and O–H groups in total. The van der Waals surface area contributed by atoms with E-state index in [0.717, 1.165) is 43.1 Å². The minimum absolute atomic E-state index is 0. The standard InChI is InChI=1S/8C9H7NO.Ca.2Dy/c8*11-8-5-1-3-7-4-2-6-10-9(7)8;;;/h8*1-6,11H;;;/q;;;;;;;;+2;2*+3/p-8. The van der Waals surface area contributed by atoms with Crippen LogP contribution in [0.3, 0.4) is 0 Å². The summed E-state index contributed by atoms with van der Waals surface area (Å²) in [4.78, 5) is 31.7. The molecule has 446 valence electrons. The van der Waals surface area contributed by atoms with Crippen LogP contribution in [-0.2, 0) is 0 Å². The van der Waals surface area contributed by atoms with Crippen molar-refractivity contribution in [2.24, 2.45) is 0 Å². The molecule has 0 bridgehead atoms. The second-order valence-electron chi connectivity index (χ2n) is 18.7. The number of aromatic nitrogens is 8. The summed E-state index contributed by atoms with van der Waals surface area (Å²) in [5.74, 6) is -0.0881. The second kappa shape index (κ2) is 36.8. The van der Waals surface area contributed by atoms with Gasteiger partial charge in [-0.25, -0.2) is 0 Å². The molecule has 0 spiro atoms. The molecule has 0 amide bonds. The van der Waals surface area contributed by atoms with Gasteiger partial charge in [0.1, 0.15) is 0 Å². The topological polar surface area (TPSA) is 288 Å². The predicted octanol–water partition coefficient (Wildman–Crippen LogP) is 10.1. The van der Waals surface area contributed by atoms with Crippen LogP contribution < -0.4 is 40.9 Å². The Balaban J connectivity index is 0.000000165. The van der Waals surface area contributed by atoms with Crippen molar-refractivity contribution in [2.45, 2.75) is 0 Å². The monoisotopic (exact) mass is 1520 g/mol. The normalized spacial score (nSPS) is 9.85. The van der Waals surface area contributed by atoms with Gasteiger partial charge in [-0.3, -0.25) is 39.9 Å². The molecule has 8 aromatic carbocycles. The molecular formula is C72H48CaDy2N8O8. The van der Waals surface area contributed by atoms with Gasteiger partial charge in [-0.15, -0.1) is 0 Å². The number of hydrogen-bond acceptors (Lipinski definition) is 16. The molecule has 2 radical (unpaired) electrons. The van der Waals surface area contributed by atoms with Gasteiger partial charge in [0.25, 0.3) is 0 Å². The molecule has 0 saturated carbocycles. The maximum atomic E-state index is 11.1. The smallest absolute Gasteiger partial charge is 0.871 e. The maximum Gasteiger partial charge on any atom is 3.00 e. The molecule has 0 saturated heterocycles. The van der Waals surface area contributed by atoms with Gasteiger partial charge >= 0.3 is 114 Å². The Hall–Kier alpha value is -8.75. The molecule has 0 aliphatic carbocycles. The molecule has 16 rings (SSSR count). The first kappa shape index (κ1) is 71.3. The van der Waals surface area contributed by atoms with Crippen LogP contribution in [0.4, 0.5) is 0 Å². The van der Waals surface area contributed by atoms with E-state index in [1.54, 1.807) is 98.1 Å².